The molecule has 1 N–H and O–H groups in total. The molecule has 1 aliphatic carbocycles. The first-order valence-electron chi connectivity index (χ1n) is 12.9. The molecule has 1 aromatic heterocycles. The summed E-state index contributed by atoms with van der Waals surface area (Å²) in [6.07, 6.45) is -0.401. The number of nitrogens with one attached hydrogen (secondary N) is 1. The van der Waals surface area contributed by atoms with Gasteiger partial charge < -0.3 is 5.32 Å². The van der Waals surface area contributed by atoms with Crippen molar-refractivity contribution in [2.24, 2.45) is 0 Å². The van der Waals surface area contributed by atoms with Gasteiger partial charge in [-0.1, -0.05) is 29.8 Å². The molecule has 0 unspecified atom stereocenters. The van der Waals surface area contributed by atoms with Gasteiger partial charge in [-0.15, -0.1) is 0 Å². The maximum atomic E-state index is 14.6. The number of carbonyl (C=O) groups excluding carboxylic acids is 2. The number of halogens is 5. The number of anilines is 2. The largest absolute Gasteiger partial charge is 0.351 e. The van der Waals surface area contributed by atoms with Crippen LogP contribution in [0, 0.1) is 23.0 Å². The second-order valence-electron chi connectivity index (χ2n) is 10.1. The van der Waals surface area contributed by atoms with Gasteiger partial charge in [0.25, 0.3) is 11.8 Å². The van der Waals surface area contributed by atoms with Gasteiger partial charge in [0.2, 0.25) is 15.9 Å². The Morgan fingerprint density at radius 1 is 1.12 bits per heavy atom. The number of alkyl halides is 2. The van der Waals surface area contributed by atoms with Crippen LogP contribution in [0.1, 0.15) is 36.4 Å². The molecule has 9 nitrogen and oxygen atoms in total. The molecule has 224 valence electrons. The molecular weight excluding hydrogens is 614 g/mol. The molecule has 43 heavy (non-hydrogen) atoms. The maximum Gasteiger partial charge on any atom is 0.252 e. The Balaban J connectivity index is 1.65. The first-order valence-corrected chi connectivity index (χ1v) is 14.9. The molecule has 15 heteroatoms. The Hall–Kier alpha value is -4.22. The summed E-state index contributed by atoms with van der Waals surface area (Å²) in [7, 11) is -4.17. The summed E-state index contributed by atoms with van der Waals surface area (Å²) in [6, 6.07) is 8.39. The second kappa shape index (κ2) is 11.5. The third-order valence-electron chi connectivity index (χ3n) is 7.18. The molecule has 5 rings (SSSR count). The van der Waals surface area contributed by atoms with E-state index in [4.69, 9.17) is 11.6 Å². The van der Waals surface area contributed by atoms with E-state index < -0.39 is 76.1 Å². The Bertz CT molecular complexity index is 1740. The Morgan fingerprint density at radius 3 is 2.49 bits per heavy atom. The number of hydrogen-bond acceptors (Lipinski definition) is 6. The smallest absolute Gasteiger partial charge is 0.252 e. The highest BCUT2D eigenvalue weighted by Crippen LogP contribution is 2.40. The Kier molecular flexibility index (Phi) is 8.06. The van der Waals surface area contributed by atoms with Crippen molar-refractivity contribution in [2.45, 2.75) is 43.3 Å². The van der Waals surface area contributed by atoms with Crippen LogP contribution in [0.3, 0.4) is 0 Å². The standard InChI is InChI=1S/C28H22ClF4N5O4S/c29-20-4-2-1-3-19(20)25(26(39)36-17-13-28(32,33)14-17)37(18-5-6-21(30)22(31)12-18)27(40)23-8-10-43(41,42)38(23)24-11-16(15-34)7-9-35-24/h1-7,9,11-12,17,23,25H,8,10,13-14H2,(H,36,39)/t23-,25+/m0/s1. The number of nitriles is 1. The van der Waals surface area contributed by atoms with Crippen molar-refractivity contribution in [1.29, 1.82) is 5.26 Å². The molecule has 2 aliphatic rings. The highest BCUT2D eigenvalue weighted by molar-refractivity contribution is 7.93. The molecule has 0 spiro atoms. The lowest BCUT2D eigenvalue weighted by Crippen LogP contribution is -2.56. The topological polar surface area (TPSA) is 123 Å². The van der Waals surface area contributed by atoms with Crippen LogP contribution in [0.2, 0.25) is 5.02 Å². The number of hydrogen-bond donors (Lipinski definition) is 1. The lowest BCUT2D eigenvalue weighted by molar-refractivity contribution is -0.133. The predicted molar refractivity (Wildman–Crippen MR) is 148 cm³/mol. The van der Waals surface area contributed by atoms with Crippen molar-refractivity contribution in [1.82, 2.24) is 10.3 Å². The van der Waals surface area contributed by atoms with E-state index in [1.54, 1.807) is 0 Å². The van der Waals surface area contributed by atoms with Crippen molar-refractivity contribution in [2.75, 3.05) is 15.0 Å². The molecule has 2 fully saturated rings. The minimum Gasteiger partial charge on any atom is -0.351 e. The van der Waals surface area contributed by atoms with Crippen molar-refractivity contribution in [3.05, 3.63) is 88.6 Å². The van der Waals surface area contributed by atoms with Crippen molar-refractivity contribution >= 4 is 44.9 Å². The first kappa shape index (κ1) is 30.2. The highest BCUT2D eigenvalue weighted by atomic mass is 35.5. The van der Waals surface area contributed by atoms with Crippen LogP contribution in [0.25, 0.3) is 0 Å². The van der Waals surface area contributed by atoms with Crippen LogP contribution < -0.4 is 14.5 Å². The number of nitrogens with zero attached hydrogens (tertiary/aromatic N) is 4. The fourth-order valence-electron chi connectivity index (χ4n) is 5.14. The molecule has 2 heterocycles. The van der Waals surface area contributed by atoms with Crippen LogP contribution in [-0.2, 0) is 19.6 Å². The lowest BCUT2D eigenvalue weighted by atomic mass is 9.87. The van der Waals surface area contributed by atoms with E-state index in [1.807, 2.05) is 6.07 Å². The summed E-state index contributed by atoms with van der Waals surface area (Å²) in [5.74, 6) is -8.35. The predicted octanol–water partition coefficient (Wildman–Crippen LogP) is 4.48. The van der Waals surface area contributed by atoms with Gasteiger partial charge >= 0.3 is 0 Å². The van der Waals surface area contributed by atoms with Crippen molar-refractivity contribution < 1.29 is 35.6 Å². The van der Waals surface area contributed by atoms with Gasteiger partial charge in [-0.05, 0) is 36.8 Å². The zero-order valence-corrected chi connectivity index (χ0v) is 23.6. The average molecular weight is 636 g/mol. The number of pyridine rings is 1. The SMILES string of the molecule is N#Cc1ccnc(N2[C@H](C(=O)N(c3ccc(F)c(F)c3)[C@@H](C(=O)NC3CC(F)(F)C3)c3ccccc3Cl)CCS2(=O)=O)c1. The van der Waals surface area contributed by atoms with Gasteiger partial charge in [-0.2, -0.15) is 5.26 Å². The van der Waals surface area contributed by atoms with Gasteiger partial charge in [0, 0.05) is 47.4 Å². The van der Waals surface area contributed by atoms with E-state index in [0.29, 0.717) is 6.07 Å². The number of carbonyl (C=O) groups is 2. The molecule has 1 saturated heterocycles. The Labute approximate surface area is 248 Å². The molecular formula is C28H22ClF4N5O4S. The fraction of sp³-hybridized carbons (Fsp3) is 0.286. The minimum atomic E-state index is -4.17. The van der Waals surface area contributed by atoms with E-state index in [0.717, 1.165) is 21.3 Å². The number of benzene rings is 2. The number of sulfonamides is 1. The van der Waals surface area contributed by atoms with Gasteiger partial charge in [0.1, 0.15) is 17.9 Å². The van der Waals surface area contributed by atoms with E-state index in [2.05, 4.69) is 10.3 Å². The molecule has 2 amide bonds. The normalized spacial score (nSPS) is 19.6. The molecule has 3 aromatic rings. The van der Waals surface area contributed by atoms with Gasteiger partial charge in [0.05, 0.1) is 17.4 Å². The van der Waals surface area contributed by atoms with Crippen LogP contribution in [0.5, 0.6) is 0 Å². The second-order valence-corrected chi connectivity index (χ2v) is 12.5. The monoisotopic (exact) mass is 635 g/mol. The van der Waals surface area contributed by atoms with Gasteiger partial charge in [-0.3, -0.25) is 14.5 Å². The molecule has 0 radical (unpaired) electrons. The lowest BCUT2D eigenvalue weighted by Gasteiger charge is -2.39. The Morgan fingerprint density at radius 2 is 1.84 bits per heavy atom. The fourth-order valence-corrected chi connectivity index (χ4v) is 7.07. The van der Waals surface area contributed by atoms with Crippen LogP contribution >= 0.6 is 11.6 Å². The molecule has 1 saturated carbocycles. The summed E-state index contributed by atoms with van der Waals surface area (Å²) in [5.41, 5.74) is -0.255. The third-order valence-corrected chi connectivity index (χ3v) is 9.32. The maximum absolute atomic E-state index is 14.6. The van der Waals surface area contributed by atoms with Crippen LogP contribution in [0.15, 0.2) is 60.8 Å². The number of amides is 2. The van der Waals surface area contributed by atoms with Crippen molar-refractivity contribution in [3.63, 3.8) is 0 Å². The van der Waals surface area contributed by atoms with E-state index in [9.17, 15) is 40.8 Å². The van der Waals surface area contributed by atoms with Gasteiger partial charge in [0.15, 0.2) is 11.6 Å². The third kappa shape index (κ3) is 6.00. The van der Waals surface area contributed by atoms with E-state index >= 15 is 0 Å². The minimum absolute atomic E-state index is 0.0127. The van der Waals surface area contributed by atoms with E-state index in [-0.39, 0.29) is 34.1 Å². The summed E-state index contributed by atoms with van der Waals surface area (Å²) in [6.45, 7) is 0. The summed E-state index contributed by atoms with van der Waals surface area (Å²) < 4.78 is 82.8. The summed E-state index contributed by atoms with van der Waals surface area (Å²) >= 11 is 6.43. The zero-order valence-electron chi connectivity index (χ0n) is 22.1. The zero-order chi connectivity index (χ0) is 31.1. The number of aromatic nitrogens is 1. The summed E-state index contributed by atoms with van der Waals surface area (Å²) in [4.78, 5) is 33.0. The summed E-state index contributed by atoms with van der Waals surface area (Å²) in [5, 5.41) is 11.8. The highest BCUT2D eigenvalue weighted by Gasteiger charge is 2.49. The van der Waals surface area contributed by atoms with Crippen LogP contribution in [-0.4, -0.2) is 49.0 Å². The first-order chi connectivity index (χ1) is 20.3. The molecule has 1 aliphatic heterocycles. The molecule has 0 bridgehead atoms. The van der Waals surface area contributed by atoms with Crippen LogP contribution in [0.4, 0.5) is 29.1 Å². The van der Waals surface area contributed by atoms with Crippen molar-refractivity contribution in [3.8, 4) is 6.07 Å². The number of rotatable bonds is 7. The molecule has 2 atom stereocenters. The quantitative estimate of drug-likeness (QED) is 0.382. The van der Waals surface area contributed by atoms with Gasteiger partial charge in [-0.25, -0.2) is 35.3 Å². The molecule has 2 aromatic carbocycles. The van der Waals surface area contributed by atoms with E-state index in [1.165, 1.54) is 42.6 Å². The average Bonchev–Trinajstić information content (AvgIpc) is 3.27.